The minimum absolute atomic E-state index is 0.134. The summed E-state index contributed by atoms with van der Waals surface area (Å²) in [6.07, 6.45) is 0.352. The molecule has 1 heterocycles. The lowest BCUT2D eigenvalue weighted by molar-refractivity contribution is -0.144. The zero-order chi connectivity index (χ0) is 11.4. The summed E-state index contributed by atoms with van der Waals surface area (Å²) in [7, 11) is 0. The summed E-state index contributed by atoms with van der Waals surface area (Å²) < 4.78 is 12.2. The average Bonchev–Trinajstić information content (AvgIpc) is 2.20. The summed E-state index contributed by atoms with van der Waals surface area (Å²) >= 11 is 0. The fraction of sp³-hybridized carbons (Fsp3) is 0.900. The Hall–Kier alpha value is -0.680. The summed E-state index contributed by atoms with van der Waals surface area (Å²) in [5.74, 6) is -1.00. The van der Waals surface area contributed by atoms with E-state index in [0.717, 1.165) is 0 Å². The molecule has 0 aromatic carbocycles. The van der Waals surface area contributed by atoms with Gasteiger partial charge in [-0.25, -0.2) is 0 Å². The molecule has 0 saturated carbocycles. The summed E-state index contributed by atoms with van der Waals surface area (Å²) in [5, 5.41) is 18.4. The van der Waals surface area contributed by atoms with Crippen LogP contribution in [0.2, 0.25) is 0 Å². The van der Waals surface area contributed by atoms with Crippen molar-refractivity contribution in [1.29, 1.82) is 0 Å². The molecule has 0 aromatic heterocycles. The van der Waals surface area contributed by atoms with E-state index in [-0.39, 0.29) is 5.92 Å². The third-order valence-corrected chi connectivity index (χ3v) is 3.11. The molecule has 5 heteroatoms. The highest BCUT2D eigenvalue weighted by Gasteiger charge is 2.31. The number of halogens is 1. The van der Waals surface area contributed by atoms with Gasteiger partial charge < -0.3 is 10.2 Å². The Morgan fingerprint density at radius 1 is 1.67 bits per heavy atom. The van der Waals surface area contributed by atoms with Gasteiger partial charge in [-0.2, -0.15) is 0 Å². The van der Waals surface area contributed by atoms with Crippen LogP contribution in [-0.2, 0) is 4.79 Å². The third-order valence-electron chi connectivity index (χ3n) is 3.11. The van der Waals surface area contributed by atoms with E-state index in [9.17, 15) is 14.3 Å². The van der Waals surface area contributed by atoms with Crippen molar-refractivity contribution in [2.24, 2.45) is 5.92 Å². The van der Waals surface area contributed by atoms with Gasteiger partial charge in [0.2, 0.25) is 0 Å². The highest BCUT2D eigenvalue weighted by atomic mass is 19.1. The first kappa shape index (κ1) is 12.4. The van der Waals surface area contributed by atoms with Crippen LogP contribution in [0.5, 0.6) is 0 Å². The lowest BCUT2D eigenvalue weighted by Gasteiger charge is -2.37. The molecular formula is C10H18FNO3. The zero-order valence-electron chi connectivity index (χ0n) is 8.90. The number of likely N-dealkylation sites (tertiary alicyclic amines) is 1. The molecule has 0 radical (unpaired) electrons. The number of carbonyl (C=O) groups is 1. The predicted molar refractivity (Wildman–Crippen MR) is 53.4 cm³/mol. The second kappa shape index (κ2) is 5.42. The van der Waals surface area contributed by atoms with Gasteiger partial charge in [-0.1, -0.05) is 0 Å². The van der Waals surface area contributed by atoms with Crippen LogP contribution >= 0.6 is 0 Å². The van der Waals surface area contributed by atoms with E-state index in [1.807, 2.05) is 0 Å². The quantitative estimate of drug-likeness (QED) is 0.723. The number of nitrogens with zero attached hydrogens (tertiary/aromatic N) is 1. The second-order valence-corrected chi connectivity index (χ2v) is 4.10. The Morgan fingerprint density at radius 2 is 2.33 bits per heavy atom. The Balaban J connectivity index is 2.53. The minimum atomic E-state index is -0.870. The molecule has 1 aliphatic heterocycles. The van der Waals surface area contributed by atoms with Crippen molar-refractivity contribution >= 4 is 5.97 Å². The molecule has 0 bridgehead atoms. The van der Waals surface area contributed by atoms with Crippen molar-refractivity contribution in [3.8, 4) is 0 Å². The van der Waals surface area contributed by atoms with Crippen LogP contribution in [0.3, 0.4) is 0 Å². The zero-order valence-corrected chi connectivity index (χ0v) is 8.90. The van der Waals surface area contributed by atoms with Crippen LogP contribution in [0, 0.1) is 5.92 Å². The fourth-order valence-electron chi connectivity index (χ4n) is 1.98. The van der Waals surface area contributed by atoms with Crippen LogP contribution in [0.1, 0.15) is 19.8 Å². The van der Waals surface area contributed by atoms with Crippen molar-refractivity contribution in [3.63, 3.8) is 0 Å². The molecule has 1 saturated heterocycles. The predicted octanol–water partition coefficient (Wildman–Crippen LogP) is 0.502. The first-order valence-electron chi connectivity index (χ1n) is 5.27. The third kappa shape index (κ3) is 3.14. The highest BCUT2D eigenvalue weighted by molar-refractivity contribution is 5.72. The number of rotatable bonds is 4. The number of piperidine rings is 1. The van der Waals surface area contributed by atoms with E-state index in [1.165, 1.54) is 0 Å². The van der Waals surface area contributed by atoms with Gasteiger partial charge in [0.05, 0.1) is 12.8 Å². The smallest absolute Gasteiger partial charge is 0.320 e. The van der Waals surface area contributed by atoms with E-state index in [1.54, 1.807) is 11.8 Å². The van der Waals surface area contributed by atoms with Gasteiger partial charge in [-0.15, -0.1) is 0 Å². The number of carboxylic acids is 1. The first-order valence-corrected chi connectivity index (χ1v) is 5.27. The summed E-state index contributed by atoms with van der Waals surface area (Å²) in [6.45, 7) is 2.19. The van der Waals surface area contributed by atoms with Gasteiger partial charge in [0.15, 0.2) is 0 Å². The van der Waals surface area contributed by atoms with Gasteiger partial charge in [-0.3, -0.25) is 14.1 Å². The molecular weight excluding hydrogens is 201 g/mol. The number of aliphatic hydroxyl groups is 1. The first-order chi connectivity index (χ1) is 7.06. The van der Waals surface area contributed by atoms with Crippen LogP contribution in [0.4, 0.5) is 4.39 Å². The highest BCUT2D eigenvalue weighted by Crippen LogP contribution is 2.22. The SMILES string of the molecule is C[C@H](C(=O)O)N1CC[C@H](O)[C@H](CCF)C1. The Labute approximate surface area is 88.7 Å². The minimum Gasteiger partial charge on any atom is -0.480 e. The van der Waals surface area contributed by atoms with Gasteiger partial charge in [0.1, 0.15) is 6.04 Å². The molecule has 0 unspecified atom stereocenters. The van der Waals surface area contributed by atoms with Crippen LogP contribution in [-0.4, -0.2) is 53.0 Å². The van der Waals surface area contributed by atoms with Gasteiger partial charge >= 0.3 is 5.97 Å². The maximum atomic E-state index is 12.2. The van der Waals surface area contributed by atoms with Crippen molar-refractivity contribution in [1.82, 2.24) is 4.90 Å². The number of alkyl halides is 1. The summed E-state index contributed by atoms with van der Waals surface area (Å²) in [5.41, 5.74) is 0. The van der Waals surface area contributed by atoms with Gasteiger partial charge in [0, 0.05) is 19.0 Å². The second-order valence-electron chi connectivity index (χ2n) is 4.10. The van der Waals surface area contributed by atoms with E-state index in [2.05, 4.69) is 0 Å². The van der Waals surface area contributed by atoms with E-state index in [4.69, 9.17) is 5.11 Å². The maximum Gasteiger partial charge on any atom is 0.320 e. The molecule has 2 N–H and O–H groups in total. The number of carboxylic acid groups (broad SMARTS) is 1. The number of aliphatic hydroxyl groups excluding tert-OH is 1. The molecule has 0 aliphatic carbocycles. The molecule has 0 aromatic rings. The normalized spacial score (nSPS) is 30.1. The summed E-state index contributed by atoms with van der Waals surface area (Å²) in [6, 6.07) is -0.556. The van der Waals surface area contributed by atoms with Crippen molar-refractivity contribution < 1.29 is 19.4 Å². The number of hydrogen-bond donors (Lipinski definition) is 2. The monoisotopic (exact) mass is 219 g/mol. The standard InChI is InChI=1S/C10H18FNO3/c1-7(10(14)15)12-5-3-9(13)8(6-12)2-4-11/h7-9,13H,2-6H2,1H3,(H,14,15)/t7-,8-,9+/m1/s1. The molecule has 3 atom stereocenters. The molecule has 0 amide bonds. The largest absolute Gasteiger partial charge is 0.480 e. The van der Waals surface area contributed by atoms with Crippen molar-refractivity contribution in [2.75, 3.05) is 19.8 Å². The van der Waals surface area contributed by atoms with Gasteiger partial charge in [0.25, 0.3) is 0 Å². The molecule has 15 heavy (non-hydrogen) atoms. The average molecular weight is 219 g/mol. The Kier molecular flexibility index (Phi) is 4.47. The van der Waals surface area contributed by atoms with E-state index >= 15 is 0 Å². The molecule has 0 spiro atoms. The van der Waals surface area contributed by atoms with Crippen LogP contribution in [0.25, 0.3) is 0 Å². The lowest BCUT2D eigenvalue weighted by atomic mass is 9.91. The molecule has 1 fully saturated rings. The maximum absolute atomic E-state index is 12.2. The number of hydrogen-bond acceptors (Lipinski definition) is 3. The lowest BCUT2D eigenvalue weighted by Crippen LogP contribution is -2.49. The summed E-state index contributed by atoms with van der Waals surface area (Å²) in [4.78, 5) is 12.6. The Morgan fingerprint density at radius 3 is 2.87 bits per heavy atom. The van der Waals surface area contributed by atoms with Crippen molar-refractivity contribution in [3.05, 3.63) is 0 Å². The van der Waals surface area contributed by atoms with E-state index < -0.39 is 24.8 Å². The van der Waals surface area contributed by atoms with E-state index in [0.29, 0.717) is 25.9 Å². The van der Waals surface area contributed by atoms with Crippen LogP contribution < -0.4 is 0 Å². The molecule has 1 rings (SSSR count). The number of aliphatic carboxylic acids is 1. The fourth-order valence-corrected chi connectivity index (χ4v) is 1.98. The Bertz CT molecular complexity index is 225. The van der Waals surface area contributed by atoms with Crippen molar-refractivity contribution in [2.45, 2.75) is 31.9 Å². The molecule has 88 valence electrons. The molecule has 4 nitrogen and oxygen atoms in total. The van der Waals surface area contributed by atoms with Gasteiger partial charge in [-0.05, 0) is 19.8 Å². The molecule has 1 aliphatic rings. The van der Waals surface area contributed by atoms with Crippen LogP contribution in [0.15, 0.2) is 0 Å². The topological polar surface area (TPSA) is 60.8 Å².